The first-order chi connectivity index (χ1) is 8.22. The van der Waals surface area contributed by atoms with Crippen LogP contribution in [0.25, 0.3) is 0 Å². The van der Waals surface area contributed by atoms with Gasteiger partial charge in [-0.25, -0.2) is 0 Å². The molecule has 0 spiro atoms. The lowest BCUT2D eigenvalue weighted by atomic mass is 9.85. The SMILES string of the molecule is COc1ccc([C@H](N)C2CCNCC2)c(C)c1.Cl. The van der Waals surface area contributed by atoms with Crippen molar-refractivity contribution in [2.45, 2.75) is 25.8 Å². The highest BCUT2D eigenvalue weighted by Crippen LogP contribution is 2.30. The normalized spacial score (nSPS) is 17.9. The van der Waals surface area contributed by atoms with Gasteiger partial charge in [0.2, 0.25) is 0 Å². The van der Waals surface area contributed by atoms with Gasteiger partial charge in [-0.05, 0) is 62.0 Å². The molecule has 1 atom stereocenters. The van der Waals surface area contributed by atoms with Crippen LogP contribution in [0.15, 0.2) is 18.2 Å². The summed E-state index contributed by atoms with van der Waals surface area (Å²) in [6.07, 6.45) is 2.35. The molecule has 0 amide bonds. The average molecular weight is 271 g/mol. The summed E-state index contributed by atoms with van der Waals surface area (Å²) in [4.78, 5) is 0. The largest absolute Gasteiger partial charge is 0.497 e. The number of hydrogen-bond acceptors (Lipinski definition) is 3. The van der Waals surface area contributed by atoms with Crippen LogP contribution in [0.1, 0.15) is 30.0 Å². The minimum absolute atomic E-state index is 0. The lowest BCUT2D eigenvalue weighted by Gasteiger charge is -2.29. The van der Waals surface area contributed by atoms with Crippen LogP contribution >= 0.6 is 12.4 Å². The summed E-state index contributed by atoms with van der Waals surface area (Å²) in [5.74, 6) is 1.51. The third-order valence-electron chi connectivity index (χ3n) is 3.73. The van der Waals surface area contributed by atoms with Gasteiger partial charge in [-0.15, -0.1) is 12.4 Å². The van der Waals surface area contributed by atoms with Crippen molar-refractivity contribution in [1.82, 2.24) is 5.32 Å². The van der Waals surface area contributed by atoms with Gasteiger partial charge in [0, 0.05) is 6.04 Å². The smallest absolute Gasteiger partial charge is 0.119 e. The van der Waals surface area contributed by atoms with E-state index in [9.17, 15) is 0 Å². The fourth-order valence-corrected chi connectivity index (χ4v) is 2.61. The summed E-state index contributed by atoms with van der Waals surface area (Å²) in [6.45, 7) is 4.29. The van der Waals surface area contributed by atoms with Crippen LogP contribution in [0.3, 0.4) is 0 Å². The Morgan fingerprint density at radius 2 is 2.00 bits per heavy atom. The molecule has 0 radical (unpaired) electrons. The summed E-state index contributed by atoms with van der Waals surface area (Å²) in [5, 5.41) is 3.38. The number of methoxy groups -OCH3 is 1. The number of nitrogens with one attached hydrogen (secondary N) is 1. The molecule has 0 bridgehead atoms. The topological polar surface area (TPSA) is 47.3 Å². The number of rotatable bonds is 3. The quantitative estimate of drug-likeness (QED) is 0.887. The van der Waals surface area contributed by atoms with Crippen LogP contribution < -0.4 is 15.8 Å². The van der Waals surface area contributed by atoms with Crippen molar-refractivity contribution >= 4 is 12.4 Å². The van der Waals surface area contributed by atoms with Gasteiger partial charge in [0.05, 0.1) is 7.11 Å². The van der Waals surface area contributed by atoms with Gasteiger partial charge in [-0.1, -0.05) is 6.07 Å². The molecule has 1 saturated heterocycles. The van der Waals surface area contributed by atoms with Crippen LogP contribution in [-0.4, -0.2) is 20.2 Å². The number of halogens is 1. The van der Waals surface area contributed by atoms with Crippen molar-refractivity contribution in [2.24, 2.45) is 11.7 Å². The Hall–Kier alpha value is -0.770. The van der Waals surface area contributed by atoms with Gasteiger partial charge >= 0.3 is 0 Å². The monoisotopic (exact) mass is 270 g/mol. The van der Waals surface area contributed by atoms with Gasteiger partial charge < -0.3 is 15.8 Å². The summed E-state index contributed by atoms with van der Waals surface area (Å²) in [7, 11) is 1.70. The van der Waals surface area contributed by atoms with Crippen LogP contribution in [0.5, 0.6) is 5.75 Å². The fourth-order valence-electron chi connectivity index (χ4n) is 2.61. The minimum Gasteiger partial charge on any atom is -0.497 e. The summed E-state index contributed by atoms with van der Waals surface area (Å²) >= 11 is 0. The third-order valence-corrected chi connectivity index (χ3v) is 3.73. The van der Waals surface area contributed by atoms with Crippen molar-refractivity contribution < 1.29 is 4.74 Å². The zero-order valence-electron chi connectivity index (χ0n) is 11.1. The predicted molar refractivity (Wildman–Crippen MR) is 77.5 cm³/mol. The lowest BCUT2D eigenvalue weighted by Crippen LogP contribution is -2.34. The fraction of sp³-hybridized carbons (Fsp3) is 0.571. The molecule has 0 saturated carbocycles. The van der Waals surface area contributed by atoms with E-state index in [1.165, 1.54) is 24.0 Å². The van der Waals surface area contributed by atoms with Gasteiger partial charge in [-0.3, -0.25) is 0 Å². The average Bonchev–Trinajstić information content (AvgIpc) is 2.39. The molecule has 1 heterocycles. The highest BCUT2D eigenvalue weighted by atomic mass is 35.5. The second-order valence-corrected chi connectivity index (χ2v) is 4.84. The Labute approximate surface area is 116 Å². The van der Waals surface area contributed by atoms with Crippen LogP contribution in [0, 0.1) is 12.8 Å². The Morgan fingerprint density at radius 1 is 1.33 bits per heavy atom. The molecule has 0 aromatic heterocycles. The number of benzene rings is 1. The molecule has 0 unspecified atom stereocenters. The first-order valence-corrected chi connectivity index (χ1v) is 6.33. The molecule has 0 aliphatic carbocycles. The Bertz CT molecular complexity index is 378. The van der Waals surface area contributed by atoms with Crippen molar-refractivity contribution in [3.8, 4) is 5.75 Å². The van der Waals surface area contributed by atoms with Gasteiger partial charge in [0.1, 0.15) is 5.75 Å². The number of aryl methyl sites for hydroxylation is 1. The molecule has 3 N–H and O–H groups in total. The van der Waals surface area contributed by atoms with Crippen molar-refractivity contribution in [3.05, 3.63) is 29.3 Å². The Balaban J connectivity index is 0.00000162. The molecule has 2 rings (SSSR count). The van der Waals surface area contributed by atoms with Crippen LogP contribution in [0.4, 0.5) is 0 Å². The molecule has 3 nitrogen and oxygen atoms in total. The minimum atomic E-state index is 0. The number of hydrogen-bond donors (Lipinski definition) is 2. The number of nitrogens with two attached hydrogens (primary N) is 1. The van der Waals surface area contributed by atoms with E-state index in [0.29, 0.717) is 5.92 Å². The molecular weight excluding hydrogens is 248 g/mol. The molecule has 1 aromatic rings. The number of piperidine rings is 1. The molecule has 18 heavy (non-hydrogen) atoms. The maximum absolute atomic E-state index is 6.39. The molecular formula is C14H23ClN2O. The zero-order chi connectivity index (χ0) is 12.3. The van der Waals surface area contributed by atoms with E-state index < -0.39 is 0 Å². The van der Waals surface area contributed by atoms with E-state index in [4.69, 9.17) is 10.5 Å². The van der Waals surface area contributed by atoms with E-state index in [-0.39, 0.29) is 18.4 Å². The van der Waals surface area contributed by atoms with Gasteiger partial charge in [0.25, 0.3) is 0 Å². The predicted octanol–water partition coefficient (Wildman–Crippen LogP) is 2.42. The Kier molecular flexibility index (Phi) is 5.93. The van der Waals surface area contributed by atoms with E-state index in [2.05, 4.69) is 24.4 Å². The van der Waals surface area contributed by atoms with E-state index in [0.717, 1.165) is 18.8 Å². The second-order valence-electron chi connectivity index (χ2n) is 4.84. The van der Waals surface area contributed by atoms with Crippen molar-refractivity contribution in [3.63, 3.8) is 0 Å². The summed E-state index contributed by atoms with van der Waals surface area (Å²) < 4.78 is 5.22. The highest BCUT2D eigenvalue weighted by molar-refractivity contribution is 5.85. The summed E-state index contributed by atoms with van der Waals surface area (Å²) in [6, 6.07) is 6.34. The first-order valence-electron chi connectivity index (χ1n) is 6.33. The van der Waals surface area contributed by atoms with Gasteiger partial charge in [-0.2, -0.15) is 0 Å². The molecule has 1 aromatic carbocycles. The second kappa shape index (κ2) is 6.98. The standard InChI is InChI=1S/C14H22N2O.ClH/c1-10-9-12(17-2)3-4-13(10)14(15)11-5-7-16-8-6-11;/h3-4,9,11,14,16H,5-8,15H2,1-2H3;1H/t14-;/m1./s1. The number of ether oxygens (including phenoxy) is 1. The van der Waals surface area contributed by atoms with Crippen molar-refractivity contribution in [2.75, 3.05) is 20.2 Å². The highest BCUT2D eigenvalue weighted by Gasteiger charge is 2.22. The molecule has 102 valence electrons. The van der Waals surface area contributed by atoms with Crippen LogP contribution in [0.2, 0.25) is 0 Å². The first kappa shape index (κ1) is 15.3. The zero-order valence-corrected chi connectivity index (χ0v) is 11.9. The molecule has 1 fully saturated rings. The van der Waals surface area contributed by atoms with Gasteiger partial charge in [0.15, 0.2) is 0 Å². The van der Waals surface area contributed by atoms with Crippen LogP contribution in [-0.2, 0) is 0 Å². The Morgan fingerprint density at radius 3 is 2.56 bits per heavy atom. The third kappa shape index (κ3) is 3.37. The van der Waals surface area contributed by atoms with Crippen molar-refractivity contribution in [1.29, 1.82) is 0 Å². The lowest BCUT2D eigenvalue weighted by molar-refractivity contribution is 0.321. The summed E-state index contributed by atoms with van der Waals surface area (Å²) in [5.41, 5.74) is 8.89. The van der Waals surface area contributed by atoms with E-state index in [1.807, 2.05) is 6.07 Å². The maximum Gasteiger partial charge on any atom is 0.119 e. The van der Waals surface area contributed by atoms with E-state index >= 15 is 0 Å². The van der Waals surface area contributed by atoms with E-state index in [1.54, 1.807) is 7.11 Å². The maximum atomic E-state index is 6.39. The molecule has 1 aliphatic rings. The molecule has 1 aliphatic heterocycles. The molecule has 4 heteroatoms.